The molecule has 2 N–H and O–H groups in total. The first kappa shape index (κ1) is 12.8. The molecule has 4 nitrogen and oxygen atoms in total. The first-order valence-corrected chi connectivity index (χ1v) is 5.90. The van der Waals surface area contributed by atoms with Crippen molar-refractivity contribution in [2.75, 3.05) is 5.32 Å². The number of para-hydroxylation sites is 1. The fraction of sp³-hybridized carbons (Fsp3) is 0.0667. The zero-order chi connectivity index (χ0) is 13.7. The van der Waals surface area contributed by atoms with Crippen molar-refractivity contribution in [2.24, 2.45) is 0 Å². The molecule has 0 saturated carbocycles. The molecule has 2 rings (SSSR count). The Kier molecular flexibility index (Phi) is 3.93. The van der Waals surface area contributed by atoms with E-state index in [1.807, 2.05) is 31.2 Å². The number of benzene rings is 2. The van der Waals surface area contributed by atoms with Gasteiger partial charge in [0, 0.05) is 11.3 Å². The van der Waals surface area contributed by atoms with Gasteiger partial charge >= 0.3 is 6.03 Å². The van der Waals surface area contributed by atoms with Crippen LogP contribution >= 0.6 is 0 Å². The monoisotopic (exact) mass is 254 g/mol. The highest BCUT2D eigenvalue weighted by Gasteiger charge is 2.10. The van der Waals surface area contributed by atoms with Crippen molar-refractivity contribution in [3.8, 4) is 0 Å². The molecule has 96 valence electrons. The third-order valence-corrected chi connectivity index (χ3v) is 2.66. The van der Waals surface area contributed by atoms with Crippen LogP contribution < -0.4 is 10.6 Å². The Balaban J connectivity index is 1.99. The summed E-state index contributed by atoms with van der Waals surface area (Å²) in [7, 11) is 0. The molecule has 0 aliphatic carbocycles. The van der Waals surface area contributed by atoms with Crippen LogP contribution in [0.5, 0.6) is 0 Å². The second kappa shape index (κ2) is 5.82. The Morgan fingerprint density at radius 1 is 0.895 bits per heavy atom. The fourth-order valence-electron chi connectivity index (χ4n) is 1.63. The maximum Gasteiger partial charge on any atom is 0.326 e. The highest BCUT2D eigenvalue weighted by atomic mass is 16.2. The van der Waals surface area contributed by atoms with Gasteiger partial charge in [-0.15, -0.1) is 0 Å². The molecule has 0 aliphatic rings. The molecule has 0 aromatic heterocycles. The van der Waals surface area contributed by atoms with E-state index in [1.165, 1.54) is 0 Å². The van der Waals surface area contributed by atoms with E-state index in [2.05, 4.69) is 10.6 Å². The number of imide groups is 1. The zero-order valence-electron chi connectivity index (χ0n) is 10.5. The van der Waals surface area contributed by atoms with Crippen LogP contribution in [0, 0.1) is 6.92 Å². The van der Waals surface area contributed by atoms with E-state index in [4.69, 9.17) is 0 Å². The van der Waals surface area contributed by atoms with Crippen molar-refractivity contribution < 1.29 is 9.59 Å². The van der Waals surface area contributed by atoms with Crippen molar-refractivity contribution in [3.63, 3.8) is 0 Å². The number of hydrogen-bond donors (Lipinski definition) is 2. The number of aryl methyl sites for hydroxylation is 1. The van der Waals surface area contributed by atoms with Crippen LogP contribution in [0.15, 0.2) is 54.6 Å². The topological polar surface area (TPSA) is 58.2 Å². The summed E-state index contributed by atoms with van der Waals surface area (Å²) in [5.41, 5.74) is 2.06. The number of nitrogens with one attached hydrogen (secondary N) is 2. The van der Waals surface area contributed by atoms with Crippen LogP contribution in [0.1, 0.15) is 15.9 Å². The van der Waals surface area contributed by atoms with Crippen LogP contribution in [0.3, 0.4) is 0 Å². The van der Waals surface area contributed by atoms with E-state index < -0.39 is 11.9 Å². The molecule has 0 saturated heterocycles. The lowest BCUT2D eigenvalue weighted by molar-refractivity contribution is 0.0967. The minimum absolute atomic E-state index is 0.424. The molecule has 2 aromatic rings. The van der Waals surface area contributed by atoms with Crippen LogP contribution in [-0.4, -0.2) is 11.9 Å². The first-order valence-electron chi connectivity index (χ1n) is 5.90. The second-order valence-electron chi connectivity index (χ2n) is 4.09. The molecule has 4 heteroatoms. The SMILES string of the molecule is Cc1ccccc1NC(=O)NC(=O)c1ccccc1. The zero-order valence-corrected chi connectivity index (χ0v) is 10.5. The summed E-state index contributed by atoms with van der Waals surface area (Å²) in [6, 6.07) is 15.4. The standard InChI is InChI=1S/C15H14N2O2/c1-11-7-5-6-10-13(11)16-15(19)17-14(18)12-8-3-2-4-9-12/h2-10H,1H3,(H2,16,17,18,19). The summed E-state index contributed by atoms with van der Waals surface area (Å²) in [5.74, 6) is -0.424. The van der Waals surface area contributed by atoms with Crippen molar-refractivity contribution in [2.45, 2.75) is 6.92 Å². The van der Waals surface area contributed by atoms with Crippen LogP contribution in [0.25, 0.3) is 0 Å². The van der Waals surface area contributed by atoms with Gasteiger partial charge in [-0.25, -0.2) is 4.79 Å². The van der Waals surface area contributed by atoms with Crippen molar-refractivity contribution in [1.82, 2.24) is 5.32 Å². The lowest BCUT2D eigenvalue weighted by Crippen LogP contribution is -2.34. The number of anilines is 1. The number of carbonyl (C=O) groups is 2. The number of amides is 3. The Morgan fingerprint density at radius 3 is 2.21 bits per heavy atom. The van der Waals surface area contributed by atoms with Crippen molar-refractivity contribution >= 4 is 17.6 Å². The molecule has 2 aromatic carbocycles. The van der Waals surface area contributed by atoms with Gasteiger partial charge in [0.15, 0.2) is 0 Å². The predicted octanol–water partition coefficient (Wildman–Crippen LogP) is 2.96. The third-order valence-electron chi connectivity index (χ3n) is 2.66. The summed E-state index contributed by atoms with van der Waals surface area (Å²) in [5, 5.41) is 4.92. The van der Waals surface area contributed by atoms with Gasteiger partial charge in [-0.2, -0.15) is 0 Å². The molecule has 0 heterocycles. The Bertz CT molecular complexity index is 594. The van der Waals surface area contributed by atoms with Crippen LogP contribution in [0.4, 0.5) is 10.5 Å². The number of hydrogen-bond acceptors (Lipinski definition) is 2. The average Bonchev–Trinajstić information content (AvgIpc) is 2.42. The maximum atomic E-state index is 11.8. The molecule has 0 unspecified atom stereocenters. The minimum atomic E-state index is -0.539. The summed E-state index contributed by atoms with van der Waals surface area (Å²) in [6.07, 6.45) is 0. The van der Waals surface area contributed by atoms with E-state index in [9.17, 15) is 9.59 Å². The number of urea groups is 1. The molecule has 0 spiro atoms. The molecular formula is C15H14N2O2. The molecule has 0 aliphatic heterocycles. The average molecular weight is 254 g/mol. The van der Waals surface area contributed by atoms with Gasteiger partial charge in [-0.1, -0.05) is 36.4 Å². The van der Waals surface area contributed by atoms with Crippen LogP contribution in [0.2, 0.25) is 0 Å². The molecule has 0 bridgehead atoms. The Labute approximate surface area is 111 Å². The number of carbonyl (C=O) groups excluding carboxylic acids is 2. The predicted molar refractivity (Wildman–Crippen MR) is 74.1 cm³/mol. The van der Waals surface area contributed by atoms with E-state index >= 15 is 0 Å². The van der Waals surface area contributed by atoms with Gasteiger partial charge in [0.1, 0.15) is 0 Å². The van der Waals surface area contributed by atoms with E-state index in [0.29, 0.717) is 11.3 Å². The van der Waals surface area contributed by atoms with Gasteiger partial charge in [-0.05, 0) is 30.7 Å². The normalized spacial score (nSPS) is 9.74. The highest BCUT2D eigenvalue weighted by molar-refractivity contribution is 6.08. The largest absolute Gasteiger partial charge is 0.326 e. The van der Waals surface area contributed by atoms with E-state index in [0.717, 1.165) is 5.56 Å². The maximum absolute atomic E-state index is 11.8. The fourth-order valence-corrected chi connectivity index (χ4v) is 1.63. The van der Waals surface area contributed by atoms with Gasteiger partial charge in [0.25, 0.3) is 5.91 Å². The van der Waals surface area contributed by atoms with Gasteiger partial charge < -0.3 is 5.32 Å². The van der Waals surface area contributed by atoms with Crippen molar-refractivity contribution in [1.29, 1.82) is 0 Å². The molecule has 0 fully saturated rings. The number of rotatable bonds is 2. The minimum Gasteiger partial charge on any atom is -0.307 e. The smallest absolute Gasteiger partial charge is 0.307 e. The lowest BCUT2D eigenvalue weighted by Gasteiger charge is -2.08. The van der Waals surface area contributed by atoms with Gasteiger partial charge in [-0.3, -0.25) is 10.1 Å². The summed E-state index contributed by atoms with van der Waals surface area (Å²) in [4.78, 5) is 23.5. The summed E-state index contributed by atoms with van der Waals surface area (Å²) in [6.45, 7) is 1.88. The van der Waals surface area contributed by atoms with Gasteiger partial charge in [0.2, 0.25) is 0 Å². The molecule has 19 heavy (non-hydrogen) atoms. The molecule has 3 amide bonds. The first-order chi connectivity index (χ1) is 9.16. The molecule has 0 atom stereocenters. The second-order valence-corrected chi connectivity index (χ2v) is 4.09. The summed E-state index contributed by atoms with van der Waals surface area (Å²) < 4.78 is 0. The van der Waals surface area contributed by atoms with E-state index in [1.54, 1.807) is 30.3 Å². The van der Waals surface area contributed by atoms with Gasteiger partial charge in [0.05, 0.1) is 0 Å². The summed E-state index contributed by atoms with van der Waals surface area (Å²) >= 11 is 0. The lowest BCUT2D eigenvalue weighted by atomic mass is 10.2. The Morgan fingerprint density at radius 2 is 1.53 bits per heavy atom. The van der Waals surface area contributed by atoms with Crippen molar-refractivity contribution in [3.05, 3.63) is 65.7 Å². The van der Waals surface area contributed by atoms with E-state index in [-0.39, 0.29) is 0 Å². The quantitative estimate of drug-likeness (QED) is 0.865. The third kappa shape index (κ3) is 3.42. The molecular weight excluding hydrogens is 240 g/mol. The Hall–Kier alpha value is -2.62. The highest BCUT2D eigenvalue weighted by Crippen LogP contribution is 2.12. The van der Waals surface area contributed by atoms with Crippen LogP contribution in [-0.2, 0) is 0 Å². The molecule has 0 radical (unpaired) electrons.